The third kappa shape index (κ3) is 4.90. The summed E-state index contributed by atoms with van der Waals surface area (Å²) in [6.07, 6.45) is 0. The van der Waals surface area contributed by atoms with Gasteiger partial charge in [0.25, 0.3) is 11.5 Å². The maximum absolute atomic E-state index is 13.7. The lowest BCUT2D eigenvalue weighted by atomic mass is 10.2. The second-order valence-electron chi connectivity index (χ2n) is 7.87. The maximum Gasteiger partial charge on any atom is 0.332 e. The van der Waals surface area contributed by atoms with Crippen molar-refractivity contribution in [3.8, 4) is 0 Å². The summed E-state index contributed by atoms with van der Waals surface area (Å²) in [5.41, 5.74) is -0.105. The first-order valence-electron chi connectivity index (χ1n) is 10.6. The summed E-state index contributed by atoms with van der Waals surface area (Å²) in [5, 5.41) is 0. The van der Waals surface area contributed by atoms with Crippen LogP contribution in [0.1, 0.15) is 21.9 Å². The molecule has 0 atom stereocenters. The number of carbonyl (C=O) groups is 1. The summed E-state index contributed by atoms with van der Waals surface area (Å²) >= 11 is 1.52. The number of anilines is 1. The lowest BCUT2D eigenvalue weighted by molar-refractivity contribution is 0.0712. The van der Waals surface area contributed by atoms with Crippen molar-refractivity contribution in [3.63, 3.8) is 0 Å². The minimum Gasteiger partial charge on any atom is -0.455 e. The quantitative estimate of drug-likeness (QED) is 0.547. The predicted octanol–water partition coefficient (Wildman–Crippen LogP) is 2.21. The van der Waals surface area contributed by atoms with E-state index in [0.717, 1.165) is 4.57 Å². The van der Waals surface area contributed by atoms with Crippen LogP contribution in [0.15, 0.2) is 56.5 Å². The highest BCUT2D eigenvalue weighted by Crippen LogP contribution is 2.22. The summed E-state index contributed by atoms with van der Waals surface area (Å²) in [6, 6.07) is 11.5. The average molecular weight is 473 g/mol. The Hall–Kier alpha value is -3.27. The van der Waals surface area contributed by atoms with E-state index in [1.54, 1.807) is 42.3 Å². The van der Waals surface area contributed by atoms with Crippen LogP contribution >= 0.6 is 11.8 Å². The molecule has 1 amide bonds. The van der Waals surface area contributed by atoms with Gasteiger partial charge in [0.1, 0.15) is 17.4 Å². The number of thioether (sulfide) groups is 1. The van der Waals surface area contributed by atoms with Crippen molar-refractivity contribution in [2.24, 2.45) is 14.1 Å². The summed E-state index contributed by atoms with van der Waals surface area (Å²) in [6.45, 7) is 1.89. The number of hydrogen-bond donors (Lipinski definition) is 0. The first-order chi connectivity index (χ1) is 15.8. The molecule has 2 aromatic heterocycles. The molecule has 0 spiro atoms. The molecule has 0 bridgehead atoms. The van der Waals surface area contributed by atoms with Gasteiger partial charge in [-0.2, -0.15) is 0 Å². The summed E-state index contributed by atoms with van der Waals surface area (Å²) in [4.78, 5) is 40.7. The highest BCUT2D eigenvalue weighted by Gasteiger charge is 2.26. The van der Waals surface area contributed by atoms with E-state index in [1.807, 2.05) is 4.90 Å². The van der Waals surface area contributed by atoms with E-state index in [4.69, 9.17) is 4.42 Å². The molecular weight excluding hydrogens is 447 g/mol. The third-order valence-corrected chi connectivity index (χ3v) is 6.73. The molecule has 3 heterocycles. The van der Waals surface area contributed by atoms with Crippen LogP contribution in [-0.2, 0) is 25.6 Å². The zero-order chi connectivity index (χ0) is 23.5. The van der Waals surface area contributed by atoms with Crippen molar-refractivity contribution < 1.29 is 13.6 Å². The number of furan rings is 1. The minimum atomic E-state index is -0.382. The number of amides is 1. The number of aromatic nitrogens is 2. The molecule has 0 N–H and O–H groups in total. The molecule has 4 rings (SSSR count). The first kappa shape index (κ1) is 22.9. The van der Waals surface area contributed by atoms with Gasteiger partial charge in [-0.05, 0) is 23.8 Å². The number of benzene rings is 1. The molecule has 1 saturated heterocycles. The Morgan fingerprint density at radius 1 is 1.00 bits per heavy atom. The Bertz CT molecular complexity index is 1270. The first-order valence-corrected chi connectivity index (χ1v) is 11.7. The van der Waals surface area contributed by atoms with Gasteiger partial charge in [-0.25, -0.2) is 9.18 Å². The molecule has 1 aromatic carbocycles. The summed E-state index contributed by atoms with van der Waals surface area (Å²) in [7, 11) is 3.07. The Morgan fingerprint density at radius 2 is 1.73 bits per heavy atom. The zero-order valence-electron chi connectivity index (χ0n) is 18.5. The summed E-state index contributed by atoms with van der Waals surface area (Å²) in [5.74, 6) is 2.10. The topological polar surface area (TPSA) is 80.7 Å². The minimum absolute atomic E-state index is 0.196. The van der Waals surface area contributed by atoms with Crippen LogP contribution in [0.3, 0.4) is 0 Å². The number of nitrogens with zero attached hydrogens (tertiary/aromatic N) is 4. The smallest absolute Gasteiger partial charge is 0.332 e. The van der Waals surface area contributed by atoms with E-state index in [1.165, 1.54) is 35.5 Å². The van der Waals surface area contributed by atoms with Crippen LogP contribution in [0.4, 0.5) is 10.2 Å². The van der Waals surface area contributed by atoms with Crippen LogP contribution in [0, 0.1) is 5.82 Å². The van der Waals surface area contributed by atoms with Crippen molar-refractivity contribution in [1.82, 2.24) is 14.0 Å². The van der Waals surface area contributed by atoms with Gasteiger partial charge in [0.2, 0.25) is 0 Å². The molecular formula is C23H25FN4O4S. The Kier molecular flexibility index (Phi) is 6.73. The molecule has 3 aromatic rings. The average Bonchev–Trinajstić information content (AvgIpc) is 3.30. The normalized spacial score (nSPS) is 14.0. The van der Waals surface area contributed by atoms with Gasteiger partial charge in [-0.3, -0.25) is 18.7 Å². The van der Waals surface area contributed by atoms with E-state index < -0.39 is 0 Å². The molecule has 1 aliphatic heterocycles. The molecule has 10 heteroatoms. The fourth-order valence-corrected chi connectivity index (χ4v) is 4.68. The van der Waals surface area contributed by atoms with E-state index >= 15 is 0 Å². The van der Waals surface area contributed by atoms with Crippen molar-refractivity contribution >= 4 is 23.5 Å². The molecule has 0 aliphatic carbocycles. The van der Waals surface area contributed by atoms with Gasteiger partial charge in [0, 0.05) is 52.1 Å². The van der Waals surface area contributed by atoms with E-state index in [2.05, 4.69) is 0 Å². The fraction of sp³-hybridized carbons (Fsp3) is 0.348. The van der Waals surface area contributed by atoms with Crippen molar-refractivity contribution in [3.05, 3.63) is 86.2 Å². The molecule has 33 heavy (non-hydrogen) atoms. The number of hydrogen-bond acceptors (Lipinski definition) is 6. The highest BCUT2D eigenvalue weighted by molar-refractivity contribution is 7.97. The van der Waals surface area contributed by atoms with Gasteiger partial charge in [0.15, 0.2) is 5.76 Å². The monoisotopic (exact) mass is 472 g/mol. The van der Waals surface area contributed by atoms with Gasteiger partial charge < -0.3 is 14.2 Å². The number of rotatable bonds is 6. The molecule has 1 aliphatic rings. The van der Waals surface area contributed by atoms with Crippen LogP contribution in [0.5, 0.6) is 0 Å². The van der Waals surface area contributed by atoms with Gasteiger partial charge in [-0.1, -0.05) is 18.2 Å². The lowest BCUT2D eigenvalue weighted by Crippen LogP contribution is -2.51. The molecule has 0 saturated carbocycles. The number of carbonyl (C=O) groups excluding carboxylic acids is 1. The zero-order valence-corrected chi connectivity index (χ0v) is 19.3. The molecule has 1 fully saturated rings. The summed E-state index contributed by atoms with van der Waals surface area (Å²) < 4.78 is 22.0. The van der Waals surface area contributed by atoms with Crippen LogP contribution < -0.4 is 16.1 Å². The van der Waals surface area contributed by atoms with Crippen molar-refractivity contribution in [2.75, 3.05) is 31.1 Å². The molecule has 0 unspecified atom stereocenters. The number of halogens is 1. The van der Waals surface area contributed by atoms with Crippen LogP contribution in [-0.4, -0.2) is 46.1 Å². The third-order valence-electron chi connectivity index (χ3n) is 5.72. The molecule has 0 radical (unpaired) electrons. The predicted molar refractivity (Wildman–Crippen MR) is 125 cm³/mol. The van der Waals surface area contributed by atoms with E-state index in [-0.39, 0.29) is 28.7 Å². The van der Waals surface area contributed by atoms with Crippen molar-refractivity contribution in [2.45, 2.75) is 11.5 Å². The van der Waals surface area contributed by atoms with Crippen LogP contribution in [0.2, 0.25) is 0 Å². The fourth-order valence-electron chi connectivity index (χ4n) is 3.77. The Balaban J connectivity index is 1.33. The second kappa shape index (κ2) is 9.70. The Morgan fingerprint density at radius 3 is 2.45 bits per heavy atom. The van der Waals surface area contributed by atoms with E-state index in [9.17, 15) is 18.8 Å². The molecule has 8 nitrogen and oxygen atoms in total. The van der Waals surface area contributed by atoms with E-state index in [0.29, 0.717) is 54.8 Å². The molecule has 174 valence electrons. The van der Waals surface area contributed by atoms with Gasteiger partial charge >= 0.3 is 5.69 Å². The standard InChI is InChI=1S/C23H25FN4O4S/c1-25-20(13-21(29)26(2)23(25)31)27-9-11-28(12-10-27)22(30)19-8-7-17(32-19)15-33-14-16-5-3-4-6-18(16)24/h3-8,13H,9-12,14-15H2,1-2H3. The van der Waals surface area contributed by atoms with Crippen molar-refractivity contribution in [1.29, 1.82) is 0 Å². The highest BCUT2D eigenvalue weighted by atomic mass is 32.2. The van der Waals surface area contributed by atoms with Crippen LogP contribution in [0.25, 0.3) is 0 Å². The number of piperazine rings is 1. The van der Waals surface area contributed by atoms with Gasteiger partial charge in [0.05, 0.1) is 5.75 Å². The lowest BCUT2D eigenvalue weighted by Gasteiger charge is -2.36. The SMILES string of the molecule is Cn1c(N2CCN(C(=O)c3ccc(CSCc4ccccc4F)o3)CC2)cc(=O)n(C)c1=O. The second-order valence-corrected chi connectivity index (χ2v) is 8.86. The van der Waals surface area contributed by atoms with Gasteiger partial charge in [-0.15, -0.1) is 11.8 Å². The largest absolute Gasteiger partial charge is 0.455 e. The maximum atomic E-state index is 13.7. The Labute approximate surface area is 194 Å².